The van der Waals surface area contributed by atoms with Gasteiger partial charge in [0.2, 0.25) is 0 Å². The summed E-state index contributed by atoms with van der Waals surface area (Å²) in [4.78, 5) is 3.32. The number of anilines is 1. The Morgan fingerprint density at radius 1 is 1.00 bits per heavy atom. The molecule has 0 bridgehead atoms. The minimum Gasteiger partial charge on any atom is -0.381 e. The van der Waals surface area contributed by atoms with Crippen LogP contribution in [0.5, 0.6) is 0 Å². The summed E-state index contributed by atoms with van der Waals surface area (Å²) in [5, 5.41) is 4.86. The van der Waals surface area contributed by atoms with Crippen LogP contribution < -0.4 is 5.32 Å². The molecule has 1 aromatic heterocycles. The van der Waals surface area contributed by atoms with Crippen LogP contribution in [0.4, 0.5) is 5.69 Å². The lowest BCUT2D eigenvalue weighted by atomic mass is 10.0. The predicted molar refractivity (Wildman–Crippen MR) is 86.2 cm³/mol. The van der Waals surface area contributed by atoms with Crippen molar-refractivity contribution in [3.63, 3.8) is 0 Å². The Labute approximate surface area is 119 Å². The first-order valence-corrected chi connectivity index (χ1v) is 7.13. The van der Waals surface area contributed by atoms with E-state index in [9.17, 15) is 0 Å². The first-order chi connectivity index (χ1) is 9.75. The van der Waals surface area contributed by atoms with Crippen molar-refractivity contribution in [3.8, 4) is 0 Å². The number of H-pyrrole nitrogens is 1. The SMILES string of the molecule is CC(C)c1ccccc1NCc1c[nH]c2ccccc12. The summed E-state index contributed by atoms with van der Waals surface area (Å²) < 4.78 is 0. The molecule has 2 aromatic carbocycles. The number of hydrogen-bond acceptors (Lipinski definition) is 1. The molecule has 0 atom stereocenters. The lowest BCUT2D eigenvalue weighted by Crippen LogP contribution is -2.02. The van der Waals surface area contributed by atoms with Crippen LogP contribution >= 0.6 is 0 Å². The number of aromatic nitrogens is 1. The monoisotopic (exact) mass is 264 g/mol. The minimum absolute atomic E-state index is 0.529. The van der Waals surface area contributed by atoms with Crippen LogP contribution in [0.15, 0.2) is 54.7 Å². The smallest absolute Gasteiger partial charge is 0.0457 e. The van der Waals surface area contributed by atoms with Gasteiger partial charge in [-0.05, 0) is 29.2 Å². The Kier molecular flexibility index (Phi) is 3.46. The summed E-state index contributed by atoms with van der Waals surface area (Å²) >= 11 is 0. The van der Waals surface area contributed by atoms with Crippen LogP contribution in [0, 0.1) is 0 Å². The fourth-order valence-corrected chi connectivity index (χ4v) is 2.63. The van der Waals surface area contributed by atoms with Crippen LogP contribution in [0.2, 0.25) is 0 Å². The van der Waals surface area contributed by atoms with E-state index in [2.05, 4.69) is 78.9 Å². The Bertz CT molecular complexity index is 710. The van der Waals surface area contributed by atoms with Gasteiger partial charge < -0.3 is 10.3 Å². The fraction of sp³-hybridized carbons (Fsp3) is 0.222. The standard InChI is InChI=1S/C18H20N2/c1-13(2)15-7-3-5-9-17(15)19-11-14-12-20-18-10-6-4-8-16(14)18/h3-10,12-13,19-20H,11H2,1-2H3. The molecular weight excluding hydrogens is 244 g/mol. The largest absolute Gasteiger partial charge is 0.381 e. The molecule has 102 valence electrons. The number of hydrogen-bond donors (Lipinski definition) is 2. The molecule has 2 N–H and O–H groups in total. The molecule has 0 spiro atoms. The van der Waals surface area contributed by atoms with Gasteiger partial charge in [-0.1, -0.05) is 50.2 Å². The molecular formula is C18H20N2. The number of benzene rings is 2. The third-order valence-electron chi connectivity index (χ3n) is 3.73. The quantitative estimate of drug-likeness (QED) is 0.689. The molecule has 0 amide bonds. The van der Waals surface area contributed by atoms with Gasteiger partial charge in [0.05, 0.1) is 0 Å². The first-order valence-electron chi connectivity index (χ1n) is 7.13. The fourth-order valence-electron chi connectivity index (χ4n) is 2.63. The Balaban J connectivity index is 1.83. The van der Waals surface area contributed by atoms with Gasteiger partial charge in [0.15, 0.2) is 0 Å². The normalized spacial score (nSPS) is 11.2. The molecule has 0 saturated heterocycles. The predicted octanol–water partition coefficient (Wildman–Crippen LogP) is 4.90. The maximum absolute atomic E-state index is 3.57. The second kappa shape index (κ2) is 5.41. The molecule has 2 nitrogen and oxygen atoms in total. The van der Waals surface area contributed by atoms with E-state index in [0.29, 0.717) is 5.92 Å². The molecule has 0 radical (unpaired) electrons. The van der Waals surface area contributed by atoms with Gasteiger partial charge in [-0.2, -0.15) is 0 Å². The summed E-state index contributed by atoms with van der Waals surface area (Å²) in [5.41, 5.74) is 5.10. The summed E-state index contributed by atoms with van der Waals surface area (Å²) in [6, 6.07) is 17.0. The van der Waals surface area contributed by atoms with Crippen molar-refractivity contribution < 1.29 is 0 Å². The van der Waals surface area contributed by atoms with Gasteiger partial charge in [0.1, 0.15) is 0 Å². The van der Waals surface area contributed by atoms with Gasteiger partial charge in [-0.25, -0.2) is 0 Å². The first kappa shape index (κ1) is 12.8. The third-order valence-corrected chi connectivity index (χ3v) is 3.73. The van der Waals surface area contributed by atoms with E-state index in [4.69, 9.17) is 0 Å². The molecule has 0 aliphatic heterocycles. The van der Waals surface area contributed by atoms with Crippen LogP contribution in [-0.2, 0) is 6.54 Å². The number of para-hydroxylation sites is 2. The van der Waals surface area contributed by atoms with E-state index in [1.807, 2.05) is 0 Å². The number of aromatic amines is 1. The molecule has 3 aromatic rings. The summed E-state index contributed by atoms with van der Waals surface area (Å²) in [7, 11) is 0. The van der Waals surface area contributed by atoms with Crippen LogP contribution in [0.25, 0.3) is 10.9 Å². The van der Waals surface area contributed by atoms with Crippen molar-refractivity contribution in [2.75, 3.05) is 5.32 Å². The van der Waals surface area contributed by atoms with Crippen molar-refractivity contribution >= 4 is 16.6 Å². The van der Waals surface area contributed by atoms with Crippen LogP contribution in [-0.4, -0.2) is 4.98 Å². The summed E-state index contributed by atoms with van der Waals surface area (Å²) in [5.74, 6) is 0.529. The lowest BCUT2D eigenvalue weighted by molar-refractivity contribution is 0.865. The second-order valence-electron chi connectivity index (χ2n) is 5.46. The minimum atomic E-state index is 0.529. The highest BCUT2D eigenvalue weighted by atomic mass is 14.9. The molecule has 3 rings (SSSR count). The highest BCUT2D eigenvalue weighted by Gasteiger charge is 2.07. The number of fused-ring (bicyclic) bond motifs is 1. The number of rotatable bonds is 4. The molecule has 0 aliphatic carbocycles. The highest BCUT2D eigenvalue weighted by Crippen LogP contribution is 2.25. The molecule has 20 heavy (non-hydrogen) atoms. The average Bonchev–Trinajstić information content (AvgIpc) is 2.88. The van der Waals surface area contributed by atoms with Crippen molar-refractivity contribution in [2.45, 2.75) is 26.3 Å². The zero-order valence-corrected chi connectivity index (χ0v) is 12.0. The van der Waals surface area contributed by atoms with Gasteiger partial charge in [0, 0.05) is 29.3 Å². The molecule has 0 saturated carbocycles. The molecule has 1 heterocycles. The van der Waals surface area contributed by atoms with Crippen molar-refractivity contribution in [2.24, 2.45) is 0 Å². The average molecular weight is 264 g/mol. The van der Waals surface area contributed by atoms with Gasteiger partial charge in [0.25, 0.3) is 0 Å². The van der Waals surface area contributed by atoms with Crippen molar-refractivity contribution in [3.05, 3.63) is 65.9 Å². The Morgan fingerprint density at radius 3 is 2.60 bits per heavy atom. The molecule has 0 unspecified atom stereocenters. The maximum atomic E-state index is 3.57. The van der Waals surface area contributed by atoms with E-state index in [0.717, 1.165) is 6.54 Å². The maximum Gasteiger partial charge on any atom is 0.0457 e. The summed E-state index contributed by atoms with van der Waals surface area (Å²) in [6.07, 6.45) is 2.09. The van der Waals surface area contributed by atoms with E-state index in [1.54, 1.807) is 0 Å². The Morgan fingerprint density at radius 2 is 1.75 bits per heavy atom. The molecule has 0 fully saturated rings. The zero-order chi connectivity index (χ0) is 13.9. The van der Waals surface area contributed by atoms with Crippen LogP contribution in [0.1, 0.15) is 30.9 Å². The lowest BCUT2D eigenvalue weighted by Gasteiger charge is -2.14. The number of nitrogens with one attached hydrogen (secondary N) is 2. The van der Waals surface area contributed by atoms with Gasteiger partial charge >= 0.3 is 0 Å². The highest BCUT2D eigenvalue weighted by molar-refractivity contribution is 5.83. The van der Waals surface area contributed by atoms with E-state index in [1.165, 1.54) is 27.7 Å². The van der Waals surface area contributed by atoms with Gasteiger partial charge in [-0.3, -0.25) is 0 Å². The molecule has 2 heteroatoms. The summed E-state index contributed by atoms with van der Waals surface area (Å²) in [6.45, 7) is 5.30. The molecule has 0 aliphatic rings. The second-order valence-corrected chi connectivity index (χ2v) is 5.46. The van der Waals surface area contributed by atoms with E-state index >= 15 is 0 Å². The van der Waals surface area contributed by atoms with E-state index < -0.39 is 0 Å². The topological polar surface area (TPSA) is 27.8 Å². The van der Waals surface area contributed by atoms with Crippen molar-refractivity contribution in [1.29, 1.82) is 0 Å². The zero-order valence-electron chi connectivity index (χ0n) is 12.0. The van der Waals surface area contributed by atoms with Crippen LogP contribution in [0.3, 0.4) is 0 Å². The van der Waals surface area contributed by atoms with E-state index in [-0.39, 0.29) is 0 Å². The Hall–Kier alpha value is -2.22. The van der Waals surface area contributed by atoms with Gasteiger partial charge in [-0.15, -0.1) is 0 Å². The third kappa shape index (κ3) is 2.42. The van der Waals surface area contributed by atoms with Crippen molar-refractivity contribution in [1.82, 2.24) is 4.98 Å².